The monoisotopic (exact) mass is 337 g/mol. The number of rotatable bonds is 5. The highest BCUT2D eigenvalue weighted by molar-refractivity contribution is 6.01. The first-order chi connectivity index (χ1) is 12.1. The quantitative estimate of drug-likeness (QED) is 0.678. The van der Waals surface area contributed by atoms with Gasteiger partial charge in [-0.2, -0.15) is 0 Å². The van der Waals surface area contributed by atoms with E-state index < -0.39 is 0 Å². The molecule has 128 valence electrons. The van der Waals surface area contributed by atoms with Gasteiger partial charge in [-0.3, -0.25) is 4.79 Å². The average Bonchev–Trinajstić information content (AvgIpc) is 2.64. The summed E-state index contributed by atoms with van der Waals surface area (Å²) >= 11 is 0. The number of methoxy groups -OCH3 is 1. The maximum absolute atomic E-state index is 13.4. The van der Waals surface area contributed by atoms with E-state index in [0.29, 0.717) is 24.4 Å². The van der Waals surface area contributed by atoms with Crippen LogP contribution in [0.3, 0.4) is 0 Å². The largest absolute Gasteiger partial charge is 0.496 e. The van der Waals surface area contributed by atoms with Crippen molar-refractivity contribution in [3.8, 4) is 5.75 Å². The number of fused-ring (bicyclic) bond motifs is 1. The minimum absolute atomic E-state index is 0.130. The Bertz CT molecular complexity index is 907. The van der Waals surface area contributed by atoms with Crippen molar-refractivity contribution in [2.45, 2.75) is 13.5 Å². The molecule has 4 heteroatoms. The predicted molar refractivity (Wildman–Crippen MR) is 97.3 cm³/mol. The van der Waals surface area contributed by atoms with E-state index in [9.17, 15) is 9.18 Å². The van der Waals surface area contributed by atoms with E-state index in [0.717, 1.165) is 16.3 Å². The van der Waals surface area contributed by atoms with Gasteiger partial charge >= 0.3 is 0 Å². The maximum atomic E-state index is 13.4. The Kier molecular flexibility index (Phi) is 4.98. The van der Waals surface area contributed by atoms with E-state index in [1.165, 1.54) is 12.1 Å². The second kappa shape index (κ2) is 7.34. The van der Waals surface area contributed by atoms with E-state index >= 15 is 0 Å². The third-order valence-corrected chi connectivity index (χ3v) is 4.23. The number of carbonyl (C=O) groups is 1. The van der Waals surface area contributed by atoms with Gasteiger partial charge in [-0.05, 0) is 47.5 Å². The van der Waals surface area contributed by atoms with Crippen molar-refractivity contribution in [2.75, 3.05) is 13.7 Å². The third kappa shape index (κ3) is 3.63. The van der Waals surface area contributed by atoms with Gasteiger partial charge in [0.1, 0.15) is 11.6 Å². The molecular weight excluding hydrogens is 317 g/mol. The van der Waals surface area contributed by atoms with Gasteiger partial charge < -0.3 is 9.64 Å². The van der Waals surface area contributed by atoms with Crippen LogP contribution in [0.15, 0.2) is 60.7 Å². The van der Waals surface area contributed by atoms with E-state index in [1.807, 2.05) is 49.4 Å². The molecule has 0 heterocycles. The second-order valence-corrected chi connectivity index (χ2v) is 5.85. The van der Waals surface area contributed by atoms with Crippen molar-refractivity contribution in [2.24, 2.45) is 0 Å². The second-order valence-electron chi connectivity index (χ2n) is 5.85. The fraction of sp³-hybridized carbons (Fsp3) is 0.190. The molecule has 0 radical (unpaired) electrons. The summed E-state index contributed by atoms with van der Waals surface area (Å²) in [6.07, 6.45) is 0. The molecule has 0 saturated carbocycles. The Balaban J connectivity index is 1.95. The van der Waals surface area contributed by atoms with Gasteiger partial charge in [-0.25, -0.2) is 4.39 Å². The summed E-state index contributed by atoms with van der Waals surface area (Å²) < 4.78 is 18.8. The highest BCUT2D eigenvalue weighted by Gasteiger charge is 2.19. The van der Waals surface area contributed by atoms with Gasteiger partial charge in [0.25, 0.3) is 5.91 Å². The van der Waals surface area contributed by atoms with E-state index in [2.05, 4.69) is 0 Å². The van der Waals surface area contributed by atoms with Crippen LogP contribution in [0.25, 0.3) is 10.8 Å². The standard InChI is InChI=1S/C21H20FNO2/c1-3-23(14-15-7-6-10-18(22)11-15)21(24)19-12-16-8-4-5-9-17(16)13-20(19)25-2/h4-13H,3,14H2,1-2H3. The molecule has 0 aliphatic carbocycles. The van der Waals surface area contributed by atoms with Crippen molar-refractivity contribution in [1.82, 2.24) is 4.90 Å². The highest BCUT2D eigenvalue weighted by Crippen LogP contribution is 2.27. The third-order valence-electron chi connectivity index (χ3n) is 4.23. The highest BCUT2D eigenvalue weighted by atomic mass is 19.1. The Labute approximate surface area is 146 Å². The number of hydrogen-bond acceptors (Lipinski definition) is 2. The fourth-order valence-electron chi connectivity index (χ4n) is 2.91. The molecule has 3 aromatic carbocycles. The van der Waals surface area contributed by atoms with Crippen LogP contribution in [0, 0.1) is 5.82 Å². The SMILES string of the molecule is CCN(Cc1cccc(F)c1)C(=O)c1cc2ccccc2cc1OC. The lowest BCUT2D eigenvalue weighted by Crippen LogP contribution is -2.30. The van der Waals surface area contributed by atoms with E-state index in [4.69, 9.17) is 4.74 Å². The Morgan fingerprint density at radius 2 is 1.76 bits per heavy atom. The van der Waals surface area contributed by atoms with Gasteiger partial charge in [-0.1, -0.05) is 36.4 Å². The Morgan fingerprint density at radius 1 is 1.04 bits per heavy atom. The van der Waals surface area contributed by atoms with Gasteiger partial charge in [0.15, 0.2) is 0 Å². The molecule has 0 saturated heterocycles. The number of carbonyl (C=O) groups excluding carboxylic acids is 1. The molecule has 0 aliphatic heterocycles. The van der Waals surface area contributed by atoms with Crippen molar-refractivity contribution < 1.29 is 13.9 Å². The molecule has 1 amide bonds. The molecule has 0 N–H and O–H groups in total. The number of amides is 1. The van der Waals surface area contributed by atoms with Crippen molar-refractivity contribution in [3.05, 3.63) is 77.6 Å². The van der Waals surface area contributed by atoms with Crippen LogP contribution in [-0.4, -0.2) is 24.5 Å². The maximum Gasteiger partial charge on any atom is 0.257 e. The molecule has 3 rings (SSSR count). The van der Waals surface area contributed by atoms with E-state index in [-0.39, 0.29) is 11.7 Å². The normalized spacial score (nSPS) is 10.7. The van der Waals surface area contributed by atoms with Gasteiger partial charge in [0.05, 0.1) is 12.7 Å². The molecule has 0 aromatic heterocycles. The summed E-state index contributed by atoms with van der Waals surface area (Å²) in [5, 5.41) is 2.00. The lowest BCUT2D eigenvalue weighted by molar-refractivity contribution is 0.0749. The summed E-state index contributed by atoms with van der Waals surface area (Å²) in [4.78, 5) is 14.7. The van der Waals surface area contributed by atoms with Crippen LogP contribution < -0.4 is 4.74 Å². The summed E-state index contributed by atoms with van der Waals surface area (Å²) in [5.74, 6) is 0.111. The zero-order valence-corrected chi connectivity index (χ0v) is 14.3. The first-order valence-electron chi connectivity index (χ1n) is 8.23. The minimum Gasteiger partial charge on any atom is -0.496 e. The molecule has 25 heavy (non-hydrogen) atoms. The number of halogens is 1. The summed E-state index contributed by atoms with van der Waals surface area (Å²) in [6, 6.07) is 17.9. The van der Waals surface area contributed by atoms with Crippen LogP contribution in [0.4, 0.5) is 4.39 Å². The Morgan fingerprint density at radius 3 is 2.40 bits per heavy atom. The molecule has 0 aliphatic rings. The van der Waals surface area contributed by atoms with Crippen LogP contribution >= 0.6 is 0 Å². The first-order valence-corrected chi connectivity index (χ1v) is 8.23. The molecule has 0 unspecified atom stereocenters. The predicted octanol–water partition coefficient (Wildman–Crippen LogP) is 4.65. The van der Waals surface area contributed by atoms with Crippen molar-refractivity contribution in [3.63, 3.8) is 0 Å². The average molecular weight is 337 g/mol. The van der Waals surface area contributed by atoms with Crippen LogP contribution in [0.2, 0.25) is 0 Å². The zero-order valence-electron chi connectivity index (χ0n) is 14.3. The molecule has 0 bridgehead atoms. The summed E-state index contributed by atoms with van der Waals surface area (Å²) in [7, 11) is 1.56. The van der Waals surface area contributed by atoms with Crippen LogP contribution in [0.5, 0.6) is 5.75 Å². The topological polar surface area (TPSA) is 29.5 Å². The van der Waals surface area contributed by atoms with Crippen LogP contribution in [0.1, 0.15) is 22.8 Å². The number of hydrogen-bond donors (Lipinski definition) is 0. The van der Waals surface area contributed by atoms with Crippen molar-refractivity contribution in [1.29, 1.82) is 0 Å². The van der Waals surface area contributed by atoms with Crippen LogP contribution in [-0.2, 0) is 6.54 Å². The lowest BCUT2D eigenvalue weighted by Gasteiger charge is -2.22. The molecule has 0 fully saturated rings. The molecule has 3 aromatic rings. The van der Waals surface area contributed by atoms with E-state index in [1.54, 1.807) is 18.1 Å². The number of benzene rings is 3. The van der Waals surface area contributed by atoms with Gasteiger partial charge in [0, 0.05) is 13.1 Å². The Hall–Kier alpha value is -2.88. The molecule has 3 nitrogen and oxygen atoms in total. The first kappa shape index (κ1) is 17.0. The molecular formula is C21H20FNO2. The smallest absolute Gasteiger partial charge is 0.257 e. The fourth-order valence-corrected chi connectivity index (χ4v) is 2.91. The number of nitrogens with zero attached hydrogens (tertiary/aromatic N) is 1. The number of ether oxygens (including phenoxy) is 1. The van der Waals surface area contributed by atoms with Crippen molar-refractivity contribution >= 4 is 16.7 Å². The molecule has 0 spiro atoms. The summed E-state index contributed by atoms with van der Waals surface area (Å²) in [5.41, 5.74) is 1.27. The van der Waals surface area contributed by atoms with Gasteiger partial charge in [0.2, 0.25) is 0 Å². The lowest BCUT2D eigenvalue weighted by atomic mass is 10.0. The summed E-state index contributed by atoms with van der Waals surface area (Å²) in [6.45, 7) is 2.78. The zero-order chi connectivity index (χ0) is 17.8. The molecule has 0 atom stereocenters. The van der Waals surface area contributed by atoms with Gasteiger partial charge in [-0.15, -0.1) is 0 Å². The minimum atomic E-state index is -0.302.